The van der Waals surface area contributed by atoms with Gasteiger partial charge in [-0.3, -0.25) is 0 Å². The lowest BCUT2D eigenvalue weighted by Gasteiger charge is -2.27. The molecule has 1 aliphatic rings. The van der Waals surface area contributed by atoms with Gasteiger partial charge in [0.2, 0.25) is 0 Å². The molecule has 1 rings (SSSR count). The van der Waals surface area contributed by atoms with Crippen LogP contribution in [0.1, 0.15) is 71.1 Å². The summed E-state index contributed by atoms with van der Waals surface area (Å²) in [5.74, 6) is 0. The Bertz CT molecular complexity index is 174. The van der Waals surface area contributed by atoms with Gasteiger partial charge in [-0.15, -0.1) is 0 Å². The van der Waals surface area contributed by atoms with Gasteiger partial charge in [-0.25, -0.2) is 0 Å². The Hall–Kier alpha value is -0.0800. The van der Waals surface area contributed by atoms with E-state index in [1.165, 1.54) is 83.8 Å². The molecule has 108 valence electrons. The fourth-order valence-electron chi connectivity index (χ4n) is 2.94. The van der Waals surface area contributed by atoms with Crippen LogP contribution in [0.3, 0.4) is 0 Å². The number of hydrogen-bond acceptors (Lipinski definition) is 2. The van der Waals surface area contributed by atoms with Crippen molar-refractivity contribution in [3.05, 3.63) is 0 Å². The van der Waals surface area contributed by atoms with Gasteiger partial charge in [0.15, 0.2) is 0 Å². The van der Waals surface area contributed by atoms with Crippen molar-refractivity contribution in [3.8, 4) is 0 Å². The standard InChI is InChI=1S/C16H34N2/c1-3-4-5-10-13-17-14-15-18(2)16-11-8-6-7-9-12-16/h16-17H,3-15H2,1-2H3. The zero-order valence-electron chi connectivity index (χ0n) is 12.7. The minimum atomic E-state index is 0.856. The van der Waals surface area contributed by atoms with Crippen molar-refractivity contribution in [1.82, 2.24) is 10.2 Å². The Balaban J connectivity index is 1.96. The summed E-state index contributed by atoms with van der Waals surface area (Å²) in [6.07, 6.45) is 14.1. The number of likely N-dealkylation sites (N-methyl/N-ethyl adjacent to an activating group) is 1. The summed E-state index contributed by atoms with van der Waals surface area (Å²) in [4.78, 5) is 2.59. The van der Waals surface area contributed by atoms with Gasteiger partial charge in [-0.05, 0) is 32.9 Å². The number of hydrogen-bond donors (Lipinski definition) is 1. The first-order chi connectivity index (χ1) is 8.84. The fraction of sp³-hybridized carbons (Fsp3) is 1.00. The highest BCUT2D eigenvalue weighted by Gasteiger charge is 2.15. The molecule has 0 heterocycles. The second-order valence-corrected chi connectivity index (χ2v) is 5.94. The lowest BCUT2D eigenvalue weighted by Crippen LogP contribution is -2.37. The van der Waals surface area contributed by atoms with Crippen LogP contribution in [0.25, 0.3) is 0 Å². The van der Waals surface area contributed by atoms with Crippen molar-refractivity contribution in [2.75, 3.05) is 26.7 Å². The first-order valence-corrected chi connectivity index (χ1v) is 8.25. The van der Waals surface area contributed by atoms with E-state index >= 15 is 0 Å². The first kappa shape index (κ1) is 16.0. The molecule has 18 heavy (non-hydrogen) atoms. The van der Waals surface area contributed by atoms with Crippen LogP contribution in [-0.4, -0.2) is 37.6 Å². The van der Waals surface area contributed by atoms with Crippen molar-refractivity contribution in [2.45, 2.75) is 77.2 Å². The maximum Gasteiger partial charge on any atom is 0.0107 e. The van der Waals surface area contributed by atoms with Crippen LogP contribution < -0.4 is 5.32 Å². The monoisotopic (exact) mass is 254 g/mol. The molecule has 0 aliphatic heterocycles. The third-order valence-corrected chi connectivity index (χ3v) is 4.30. The average Bonchev–Trinajstić information content (AvgIpc) is 2.66. The number of unbranched alkanes of at least 4 members (excludes halogenated alkanes) is 3. The van der Waals surface area contributed by atoms with Crippen LogP contribution in [-0.2, 0) is 0 Å². The number of nitrogens with zero attached hydrogens (tertiary/aromatic N) is 1. The molecule has 1 saturated carbocycles. The second-order valence-electron chi connectivity index (χ2n) is 5.94. The summed E-state index contributed by atoms with van der Waals surface area (Å²) in [6.45, 7) is 5.87. The van der Waals surface area contributed by atoms with E-state index in [1.54, 1.807) is 0 Å². The van der Waals surface area contributed by atoms with Crippen LogP contribution >= 0.6 is 0 Å². The average molecular weight is 254 g/mol. The SMILES string of the molecule is CCCCCCNCCN(C)C1CCCCCC1. The Kier molecular flexibility index (Phi) is 9.59. The van der Waals surface area contributed by atoms with Crippen molar-refractivity contribution >= 4 is 0 Å². The largest absolute Gasteiger partial charge is 0.315 e. The van der Waals surface area contributed by atoms with Gasteiger partial charge < -0.3 is 10.2 Å². The van der Waals surface area contributed by atoms with Gasteiger partial charge >= 0.3 is 0 Å². The summed E-state index contributed by atoms with van der Waals surface area (Å²) in [6, 6.07) is 0.856. The summed E-state index contributed by atoms with van der Waals surface area (Å²) < 4.78 is 0. The molecule has 0 amide bonds. The first-order valence-electron chi connectivity index (χ1n) is 8.25. The number of nitrogens with one attached hydrogen (secondary N) is 1. The van der Waals surface area contributed by atoms with Gasteiger partial charge in [0, 0.05) is 19.1 Å². The molecular weight excluding hydrogens is 220 g/mol. The lowest BCUT2D eigenvalue weighted by molar-refractivity contribution is 0.221. The molecule has 0 bridgehead atoms. The van der Waals surface area contributed by atoms with E-state index in [9.17, 15) is 0 Å². The highest BCUT2D eigenvalue weighted by atomic mass is 15.1. The third-order valence-electron chi connectivity index (χ3n) is 4.30. The molecular formula is C16H34N2. The summed E-state index contributed by atoms with van der Waals surface area (Å²) in [7, 11) is 2.31. The molecule has 0 unspecified atom stereocenters. The minimum absolute atomic E-state index is 0.856. The second kappa shape index (κ2) is 10.8. The molecule has 0 radical (unpaired) electrons. The Morgan fingerprint density at radius 3 is 2.33 bits per heavy atom. The van der Waals surface area contributed by atoms with E-state index in [0.717, 1.165) is 6.04 Å². The Morgan fingerprint density at radius 1 is 0.944 bits per heavy atom. The molecule has 2 nitrogen and oxygen atoms in total. The van der Waals surface area contributed by atoms with Gasteiger partial charge in [0.25, 0.3) is 0 Å². The lowest BCUT2D eigenvalue weighted by atomic mass is 10.1. The fourth-order valence-corrected chi connectivity index (χ4v) is 2.94. The van der Waals surface area contributed by atoms with E-state index in [0.29, 0.717) is 0 Å². The highest BCUT2D eigenvalue weighted by Crippen LogP contribution is 2.20. The molecule has 0 aromatic carbocycles. The minimum Gasteiger partial charge on any atom is -0.315 e. The summed E-state index contributed by atoms with van der Waals surface area (Å²) >= 11 is 0. The van der Waals surface area contributed by atoms with E-state index in [1.807, 2.05) is 0 Å². The molecule has 0 spiro atoms. The molecule has 1 fully saturated rings. The van der Waals surface area contributed by atoms with E-state index < -0.39 is 0 Å². The molecule has 1 aliphatic carbocycles. The highest BCUT2D eigenvalue weighted by molar-refractivity contribution is 4.72. The Labute approximate surface area is 115 Å². The van der Waals surface area contributed by atoms with Crippen molar-refractivity contribution in [3.63, 3.8) is 0 Å². The molecule has 0 aromatic heterocycles. The van der Waals surface area contributed by atoms with E-state index in [2.05, 4.69) is 24.2 Å². The van der Waals surface area contributed by atoms with Crippen LogP contribution in [0.5, 0.6) is 0 Å². The quantitative estimate of drug-likeness (QED) is 0.497. The Morgan fingerprint density at radius 2 is 1.67 bits per heavy atom. The number of rotatable bonds is 9. The smallest absolute Gasteiger partial charge is 0.0107 e. The van der Waals surface area contributed by atoms with Crippen LogP contribution in [0, 0.1) is 0 Å². The van der Waals surface area contributed by atoms with Crippen LogP contribution in [0.2, 0.25) is 0 Å². The maximum absolute atomic E-state index is 3.59. The van der Waals surface area contributed by atoms with Crippen molar-refractivity contribution in [1.29, 1.82) is 0 Å². The van der Waals surface area contributed by atoms with Crippen molar-refractivity contribution < 1.29 is 0 Å². The van der Waals surface area contributed by atoms with Gasteiger partial charge in [-0.2, -0.15) is 0 Å². The topological polar surface area (TPSA) is 15.3 Å². The van der Waals surface area contributed by atoms with Crippen molar-refractivity contribution in [2.24, 2.45) is 0 Å². The molecule has 1 N–H and O–H groups in total. The maximum atomic E-state index is 3.59. The molecule has 0 atom stereocenters. The van der Waals surface area contributed by atoms with E-state index in [-0.39, 0.29) is 0 Å². The van der Waals surface area contributed by atoms with Crippen LogP contribution in [0.15, 0.2) is 0 Å². The predicted octanol–water partition coefficient (Wildman–Crippen LogP) is 3.81. The van der Waals surface area contributed by atoms with Gasteiger partial charge in [0.1, 0.15) is 0 Å². The zero-order chi connectivity index (χ0) is 13.1. The third kappa shape index (κ3) is 7.38. The molecule has 0 saturated heterocycles. The van der Waals surface area contributed by atoms with Gasteiger partial charge in [0.05, 0.1) is 0 Å². The molecule has 2 heteroatoms. The zero-order valence-corrected chi connectivity index (χ0v) is 12.7. The normalized spacial score (nSPS) is 18.2. The summed E-state index contributed by atoms with van der Waals surface area (Å²) in [5.41, 5.74) is 0. The summed E-state index contributed by atoms with van der Waals surface area (Å²) in [5, 5.41) is 3.59. The predicted molar refractivity (Wildman–Crippen MR) is 81.1 cm³/mol. The van der Waals surface area contributed by atoms with Gasteiger partial charge in [-0.1, -0.05) is 51.9 Å². The van der Waals surface area contributed by atoms with Crippen LogP contribution in [0.4, 0.5) is 0 Å². The van der Waals surface area contributed by atoms with E-state index in [4.69, 9.17) is 0 Å². The molecule has 0 aromatic rings.